The van der Waals surface area contributed by atoms with Crippen molar-refractivity contribution in [3.63, 3.8) is 0 Å². The Balaban J connectivity index is 1.24. The lowest BCUT2D eigenvalue weighted by Gasteiger charge is -2.35. The van der Waals surface area contributed by atoms with E-state index in [4.69, 9.17) is 15.2 Å². The van der Waals surface area contributed by atoms with E-state index in [0.29, 0.717) is 23.7 Å². The van der Waals surface area contributed by atoms with Gasteiger partial charge in [0.1, 0.15) is 0 Å². The standard InChI is InChI=1S/C29H35N5O3/c30-27(35)22-14-12-20(13-15-22)19-26-32-29(37-33-26)25-11-4-5-17-34(25)18-16-24(21-7-2-1-3-8-21)31-28(36)23-9-6-10-23/h1-3,7-8,12-15,23-25H,4-6,9-11,16-19H2,(H2,30,35)(H,31,36)/t24-,25?/m0/s1. The molecule has 2 amide bonds. The van der Waals surface area contributed by atoms with E-state index in [-0.39, 0.29) is 23.9 Å². The minimum atomic E-state index is -0.442. The first kappa shape index (κ1) is 25.1. The van der Waals surface area contributed by atoms with Crippen LogP contribution < -0.4 is 11.1 Å². The van der Waals surface area contributed by atoms with E-state index in [1.54, 1.807) is 12.1 Å². The molecular formula is C29H35N5O3. The molecule has 8 heteroatoms. The van der Waals surface area contributed by atoms with Crippen molar-refractivity contribution in [3.8, 4) is 0 Å². The minimum Gasteiger partial charge on any atom is -0.366 e. The van der Waals surface area contributed by atoms with E-state index >= 15 is 0 Å². The second kappa shape index (κ2) is 11.7. The summed E-state index contributed by atoms with van der Waals surface area (Å²) in [6.07, 6.45) is 7.72. The van der Waals surface area contributed by atoms with Crippen molar-refractivity contribution in [3.05, 3.63) is 83.0 Å². The van der Waals surface area contributed by atoms with Gasteiger partial charge in [-0.1, -0.05) is 60.5 Å². The number of carbonyl (C=O) groups excluding carboxylic acids is 2. The third-order valence-electron chi connectivity index (χ3n) is 7.68. The predicted molar refractivity (Wildman–Crippen MR) is 140 cm³/mol. The van der Waals surface area contributed by atoms with Gasteiger partial charge in [0, 0.05) is 24.4 Å². The molecule has 37 heavy (non-hydrogen) atoms. The lowest BCUT2D eigenvalue weighted by Crippen LogP contribution is -2.40. The number of carbonyl (C=O) groups is 2. The highest BCUT2D eigenvalue weighted by Gasteiger charge is 2.31. The van der Waals surface area contributed by atoms with Gasteiger partial charge in [-0.25, -0.2) is 0 Å². The van der Waals surface area contributed by atoms with Crippen LogP contribution in [0.3, 0.4) is 0 Å². The number of rotatable bonds is 10. The number of aromatic nitrogens is 2. The largest absolute Gasteiger partial charge is 0.366 e. The Morgan fingerprint density at radius 2 is 1.81 bits per heavy atom. The summed E-state index contributed by atoms with van der Waals surface area (Å²) >= 11 is 0. The van der Waals surface area contributed by atoms with Gasteiger partial charge in [-0.3, -0.25) is 14.5 Å². The van der Waals surface area contributed by atoms with Crippen molar-refractivity contribution >= 4 is 11.8 Å². The molecule has 1 aromatic heterocycles. The molecule has 3 aromatic rings. The van der Waals surface area contributed by atoms with E-state index in [0.717, 1.165) is 69.2 Å². The molecule has 2 aliphatic rings. The Hall–Kier alpha value is -3.52. The molecule has 2 fully saturated rings. The number of hydrogen-bond acceptors (Lipinski definition) is 6. The Bertz CT molecular complexity index is 1190. The van der Waals surface area contributed by atoms with Gasteiger partial charge in [0.15, 0.2) is 5.82 Å². The van der Waals surface area contributed by atoms with Crippen LogP contribution in [-0.2, 0) is 11.2 Å². The van der Waals surface area contributed by atoms with Gasteiger partial charge < -0.3 is 15.6 Å². The fourth-order valence-corrected chi connectivity index (χ4v) is 5.24. The predicted octanol–water partition coefficient (Wildman–Crippen LogP) is 4.33. The average molecular weight is 502 g/mol. The summed E-state index contributed by atoms with van der Waals surface area (Å²) in [5, 5.41) is 7.56. The summed E-state index contributed by atoms with van der Waals surface area (Å²) in [6.45, 7) is 1.80. The first-order chi connectivity index (χ1) is 18.1. The number of likely N-dealkylation sites (tertiary alicyclic amines) is 1. The lowest BCUT2D eigenvalue weighted by molar-refractivity contribution is -0.128. The summed E-state index contributed by atoms with van der Waals surface area (Å²) in [5.41, 5.74) is 7.95. The average Bonchev–Trinajstić information content (AvgIpc) is 3.34. The zero-order chi connectivity index (χ0) is 25.6. The van der Waals surface area contributed by atoms with Gasteiger partial charge in [-0.15, -0.1) is 0 Å². The van der Waals surface area contributed by atoms with Crippen molar-refractivity contribution in [1.82, 2.24) is 20.4 Å². The molecular weight excluding hydrogens is 466 g/mol. The molecule has 2 heterocycles. The monoisotopic (exact) mass is 501 g/mol. The SMILES string of the molecule is NC(=O)c1ccc(Cc2noc(C3CCCCN3CC[C@H](NC(=O)C3CCC3)c3ccccc3)n2)cc1. The lowest BCUT2D eigenvalue weighted by atomic mass is 9.84. The number of benzene rings is 2. The smallest absolute Gasteiger partial charge is 0.248 e. The quantitative estimate of drug-likeness (QED) is 0.427. The van der Waals surface area contributed by atoms with E-state index < -0.39 is 5.91 Å². The third-order valence-corrected chi connectivity index (χ3v) is 7.68. The zero-order valence-corrected chi connectivity index (χ0v) is 21.1. The number of piperidine rings is 1. The maximum Gasteiger partial charge on any atom is 0.248 e. The minimum absolute atomic E-state index is 0.0153. The van der Waals surface area contributed by atoms with Gasteiger partial charge in [0.2, 0.25) is 17.7 Å². The first-order valence-corrected chi connectivity index (χ1v) is 13.4. The zero-order valence-electron chi connectivity index (χ0n) is 21.1. The normalized spacial score (nSPS) is 19.2. The summed E-state index contributed by atoms with van der Waals surface area (Å²) in [5.74, 6) is 1.18. The molecule has 1 aliphatic heterocycles. The Morgan fingerprint density at radius 3 is 2.51 bits per heavy atom. The topological polar surface area (TPSA) is 114 Å². The van der Waals surface area contributed by atoms with Gasteiger partial charge in [0.05, 0.1) is 12.1 Å². The molecule has 3 N–H and O–H groups in total. The molecule has 1 aliphatic carbocycles. The highest BCUT2D eigenvalue weighted by molar-refractivity contribution is 5.92. The van der Waals surface area contributed by atoms with Gasteiger partial charge in [-0.2, -0.15) is 4.98 Å². The summed E-state index contributed by atoms with van der Waals surface area (Å²) in [4.78, 5) is 31.2. The maximum atomic E-state index is 12.8. The molecule has 1 saturated heterocycles. The van der Waals surface area contributed by atoms with Crippen molar-refractivity contribution < 1.29 is 14.1 Å². The summed E-state index contributed by atoms with van der Waals surface area (Å²) < 4.78 is 5.73. The van der Waals surface area contributed by atoms with E-state index in [2.05, 4.69) is 27.5 Å². The number of hydrogen-bond donors (Lipinski definition) is 2. The van der Waals surface area contributed by atoms with Gasteiger partial charge in [-0.05, 0) is 61.9 Å². The third kappa shape index (κ3) is 6.25. The molecule has 0 bridgehead atoms. The van der Waals surface area contributed by atoms with E-state index in [1.165, 1.54) is 0 Å². The van der Waals surface area contributed by atoms with Crippen molar-refractivity contribution in [2.24, 2.45) is 11.7 Å². The van der Waals surface area contributed by atoms with Crippen molar-refractivity contribution in [1.29, 1.82) is 0 Å². The molecule has 194 valence electrons. The van der Waals surface area contributed by atoms with Gasteiger partial charge in [0.25, 0.3) is 0 Å². The molecule has 8 nitrogen and oxygen atoms in total. The van der Waals surface area contributed by atoms with Crippen LogP contribution in [-0.4, -0.2) is 39.9 Å². The molecule has 2 aromatic carbocycles. The Labute approximate surface area is 217 Å². The van der Waals surface area contributed by atoms with Crippen LogP contribution in [0.4, 0.5) is 0 Å². The van der Waals surface area contributed by atoms with Crippen LogP contribution in [0.2, 0.25) is 0 Å². The molecule has 0 radical (unpaired) electrons. The number of nitrogens with two attached hydrogens (primary N) is 1. The second-order valence-corrected chi connectivity index (χ2v) is 10.2. The van der Waals surface area contributed by atoms with Crippen LogP contribution in [0, 0.1) is 5.92 Å². The highest BCUT2D eigenvalue weighted by atomic mass is 16.5. The van der Waals surface area contributed by atoms with Gasteiger partial charge >= 0.3 is 0 Å². The van der Waals surface area contributed by atoms with E-state index in [1.807, 2.05) is 30.3 Å². The number of nitrogens with zero attached hydrogens (tertiary/aromatic N) is 3. The summed E-state index contributed by atoms with van der Waals surface area (Å²) in [7, 11) is 0. The first-order valence-electron chi connectivity index (χ1n) is 13.4. The fraction of sp³-hybridized carbons (Fsp3) is 0.448. The van der Waals surface area contributed by atoms with Crippen LogP contribution in [0.25, 0.3) is 0 Å². The number of nitrogens with one attached hydrogen (secondary N) is 1. The fourth-order valence-electron chi connectivity index (χ4n) is 5.24. The van der Waals surface area contributed by atoms with Crippen LogP contribution in [0.1, 0.15) is 90.2 Å². The van der Waals surface area contributed by atoms with Crippen molar-refractivity contribution in [2.75, 3.05) is 13.1 Å². The highest BCUT2D eigenvalue weighted by Crippen LogP contribution is 2.32. The van der Waals surface area contributed by atoms with Crippen LogP contribution in [0.5, 0.6) is 0 Å². The maximum absolute atomic E-state index is 12.8. The molecule has 1 unspecified atom stereocenters. The van der Waals surface area contributed by atoms with E-state index in [9.17, 15) is 9.59 Å². The molecule has 5 rings (SSSR count). The van der Waals surface area contributed by atoms with Crippen molar-refractivity contribution in [2.45, 2.75) is 63.5 Å². The molecule has 1 saturated carbocycles. The summed E-state index contributed by atoms with van der Waals surface area (Å²) in [6, 6.07) is 17.5. The van der Waals surface area contributed by atoms with Crippen LogP contribution >= 0.6 is 0 Å². The number of amides is 2. The molecule has 2 atom stereocenters. The Kier molecular flexibility index (Phi) is 7.94. The number of primary amides is 1. The van der Waals surface area contributed by atoms with Crippen LogP contribution in [0.15, 0.2) is 59.1 Å². The Morgan fingerprint density at radius 1 is 1.03 bits per heavy atom. The second-order valence-electron chi connectivity index (χ2n) is 10.2. The molecule has 0 spiro atoms.